The van der Waals surface area contributed by atoms with Crippen LogP contribution in [0.15, 0.2) is 0 Å². The molecule has 15 heavy (non-hydrogen) atoms. The molecule has 1 heterocycles. The summed E-state index contributed by atoms with van der Waals surface area (Å²) >= 11 is 5.79. The first-order valence-electron chi connectivity index (χ1n) is 4.68. The Balaban J connectivity index is 2.39. The Labute approximate surface area is 90.7 Å². The monoisotopic (exact) mass is 233 g/mol. The molecule has 0 spiro atoms. The Morgan fingerprint density at radius 1 is 1.40 bits per heavy atom. The van der Waals surface area contributed by atoms with Gasteiger partial charge in [-0.2, -0.15) is 0 Å². The van der Waals surface area contributed by atoms with Crippen LogP contribution < -0.4 is 5.73 Å². The summed E-state index contributed by atoms with van der Waals surface area (Å²) in [5.41, 5.74) is 6.39. The zero-order valence-electron chi connectivity index (χ0n) is 7.88. The molecule has 0 aromatic carbocycles. The predicted octanol–water partition coefficient (Wildman–Crippen LogP) is 2.40. The molecule has 2 rings (SSSR count). The van der Waals surface area contributed by atoms with Crippen molar-refractivity contribution in [2.45, 2.75) is 31.6 Å². The summed E-state index contributed by atoms with van der Waals surface area (Å²) < 4.78 is 24.6. The van der Waals surface area contributed by atoms with Crippen molar-refractivity contribution in [1.82, 2.24) is 9.97 Å². The molecule has 1 aliphatic rings. The zero-order chi connectivity index (χ0) is 11.0. The smallest absolute Gasteiger partial charge is 0.242 e. The summed E-state index contributed by atoms with van der Waals surface area (Å²) in [6.45, 7) is 0. The number of aromatic nitrogens is 2. The van der Waals surface area contributed by atoms with Crippen molar-refractivity contribution >= 4 is 17.5 Å². The van der Waals surface area contributed by atoms with Crippen LogP contribution in [0.3, 0.4) is 0 Å². The van der Waals surface area contributed by atoms with E-state index in [-0.39, 0.29) is 17.0 Å². The lowest BCUT2D eigenvalue weighted by molar-refractivity contribution is 0.148. The summed E-state index contributed by atoms with van der Waals surface area (Å²) in [6.07, 6.45) is -0.913. The van der Waals surface area contributed by atoms with Crippen molar-refractivity contribution in [2.24, 2.45) is 0 Å². The minimum absolute atomic E-state index is 0.0555. The van der Waals surface area contributed by atoms with Crippen molar-refractivity contribution in [2.75, 3.05) is 5.73 Å². The Morgan fingerprint density at radius 2 is 2.07 bits per heavy atom. The van der Waals surface area contributed by atoms with Crippen LogP contribution in [-0.4, -0.2) is 16.4 Å². The number of rotatable bonds is 3. The van der Waals surface area contributed by atoms with Gasteiger partial charge < -0.3 is 5.73 Å². The maximum absolute atomic E-state index is 12.3. The van der Waals surface area contributed by atoms with Crippen LogP contribution in [0.2, 0.25) is 5.15 Å². The first kappa shape index (κ1) is 10.5. The number of nitrogen functional groups attached to an aromatic ring is 1. The van der Waals surface area contributed by atoms with Crippen LogP contribution in [0.1, 0.15) is 30.0 Å². The third kappa shape index (κ3) is 2.34. The quantitative estimate of drug-likeness (QED) is 0.816. The van der Waals surface area contributed by atoms with Crippen molar-refractivity contribution in [3.05, 3.63) is 16.4 Å². The van der Waals surface area contributed by atoms with Gasteiger partial charge >= 0.3 is 0 Å². The molecule has 3 nitrogen and oxygen atoms in total. The largest absolute Gasteiger partial charge is 0.368 e. The molecule has 1 saturated carbocycles. The molecule has 0 amide bonds. The van der Waals surface area contributed by atoms with Gasteiger partial charge in [0.2, 0.25) is 12.4 Å². The van der Waals surface area contributed by atoms with Gasteiger partial charge in [-0.1, -0.05) is 11.6 Å². The van der Waals surface area contributed by atoms with Crippen molar-refractivity contribution in [1.29, 1.82) is 0 Å². The van der Waals surface area contributed by atoms with E-state index in [4.69, 9.17) is 17.3 Å². The second-order valence-electron chi connectivity index (χ2n) is 3.61. The van der Waals surface area contributed by atoms with Crippen LogP contribution in [0, 0.1) is 0 Å². The zero-order valence-corrected chi connectivity index (χ0v) is 8.64. The first-order chi connectivity index (χ1) is 7.08. The lowest BCUT2D eigenvalue weighted by Crippen LogP contribution is -2.08. The van der Waals surface area contributed by atoms with Crippen LogP contribution in [0.5, 0.6) is 0 Å². The third-order valence-corrected chi connectivity index (χ3v) is 2.64. The summed E-state index contributed by atoms with van der Waals surface area (Å²) in [7, 11) is 0. The minimum Gasteiger partial charge on any atom is -0.368 e. The minimum atomic E-state index is -2.44. The molecule has 0 unspecified atom stereocenters. The molecule has 1 aromatic heterocycles. The number of alkyl halides is 2. The molecule has 0 saturated heterocycles. The van der Waals surface area contributed by atoms with E-state index in [1.807, 2.05) is 0 Å². The lowest BCUT2D eigenvalue weighted by atomic mass is 10.1. The van der Waals surface area contributed by atoms with E-state index >= 15 is 0 Å². The fourth-order valence-electron chi connectivity index (χ4n) is 1.53. The molecule has 1 aliphatic carbocycles. The van der Waals surface area contributed by atoms with Crippen molar-refractivity contribution in [3.63, 3.8) is 0 Å². The highest BCUT2D eigenvalue weighted by atomic mass is 35.5. The fraction of sp³-hybridized carbons (Fsp3) is 0.556. The van der Waals surface area contributed by atoms with Gasteiger partial charge in [0.1, 0.15) is 5.15 Å². The molecule has 1 fully saturated rings. The lowest BCUT2D eigenvalue weighted by Gasteiger charge is -2.09. The van der Waals surface area contributed by atoms with E-state index in [1.54, 1.807) is 0 Å². The number of anilines is 1. The maximum atomic E-state index is 12.3. The topological polar surface area (TPSA) is 51.8 Å². The molecular formula is C9H10ClF2N3. The number of nitrogens with two attached hydrogens (primary N) is 1. The predicted molar refractivity (Wildman–Crippen MR) is 53.1 cm³/mol. The van der Waals surface area contributed by atoms with Gasteiger partial charge in [-0.25, -0.2) is 18.7 Å². The molecule has 2 N–H and O–H groups in total. The van der Waals surface area contributed by atoms with E-state index in [1.165, 1.54) is 0 Å². The number of nitrogens with zero attached hydrogens (tertiary/aromatic N) is 2. The molecule has 0 bridgehead atoms. The maximum Gasteiger partial charge on any atom is 0.242 e. The normalized spacial score (nSPS) is 16.0. The summed E-state index contributed by atoms with van der Waals surface area (Å²) in [4.78, 5) is 7.69. The van der Waals surface area contributed by atoms with Crippen molar-refractivity contribution in [3.8, 4) is 0 Å². The van der Waals surface area contributed by atoms with Gasteiger partial charge in [0.05, 0.1) is 5.69 Å². The molecule has 6 heteroatoms. The van der Waals surface area contributed by atoms with Crippen LogP contribution >= 0.6 is 11.6 Å². The van der Waals surface area contributed by atoms with E-state index in [2.05, 4.69) is 9.97 Å². The third-order valence-electron chi connectivity index (χ3n) is 2.33. The summed E-state index contributed by atoms with van der Waals surface area (Å²) in [6, 6.07) is 0. The van der Waals surface area contributed by atoms with Crippen LogP contribution in [0.25, 0.3) is 0 Å². The molecular weight excluding hydrogens is 224 g/mol. The standard InChI is InChI=1S/C9H10ClF2N3/c10-8-5(3-6(11)12)7(4-1-2-4)14-9(13)15-8/h4,6H,1-3H2,(H2,13,14,15). The Hall–Kier alpha value is -0.970. The molecule has 1 aromatic rings. The highest BCUT2D eigenvalue weighted by Gasteiger charge is 2.30. The Bertz CT molecular complexity index is 380. The Kier molecular flexibility index (Phi) is 2.73. The van der Waals surface area contributed by atoms with E-state index < -0.39 is 12.8 Å². The SMILES string of the molecule is Nc1nc(Cl)c(CC(F)F)c(C2CC2)n1. The molecule has 0 radical (unpaired) electrons. The fourth-order valence-corrected chi connectivity index (χ4v) is 1.79. The van der Waals surface area contributed by atoms with Gasteiger partial charge in [-0.3, -0.25) is 0 Å². The molecule has 0 atom stereocenters. The molecule has 0 aliphatic heterocycles. The average molecular weight is 234 g/mol. The van der Waals surface area contributed by atoms with Gasteiger partial charge in [-0.05, 0) is 12.8 Å². The van der Waals surface area contributed by atoms with Gasteiger partial charge in [-0.15, -0.1) is 0 Å². The highest BCUT2D eigenvalue weighted by Crippen LogP contribution is 2.42. The second kappa shape index (κ2) is 3.89. The van der Waals surface area contributed by atoms with Gasteiger partial charge in [0, 0.05) is 17.9 Å². The highest BCUT2D eigenvalue weighted by molar-refractivity contribution is 6.30. The first-order valence-corrected chi connectivity index (χ1v) is 5.05. The average Bonchev–Trinajstić information content (AvgIpc) is 2.91. The van der Waals surface area contributed by atoms with Gasteiger partial charge in [0.25, 0.3) is 0 Å². The summed E-state index contributed by atoms with van der Waals surface area (Å²) in [5.74, 6) is 0.293. The number of halogens is 3. The summed E-state index contributed by atoms with van der Waals surface area (Å²) in [5, 5.41) is 0.0599. The molecule has 82 valence electrons. The number of hydrogen-bond acceptors (Lipinski definition) is 3. The van der Waals surface area contributed by atoms with Crippen LogP contribution in [0.4, 0.5) is 14.7 Å². The van der Waals surface area contributed by atoms with E-state index in [0.29, 0.717) is 11.3 Å². The number of hydrogen-bond donors (Lipinski definition) is 1. The van der Waals surface area contributed by atoms with E-state index in [0.717, 1.165) is 12.8 Å². The Morgan fingerprint density at radius 3 is 2.60 bits per heavy atom. The second-order valence-corrected chi connectivity index (χ2v) is 3.96. The van der Waals surface area contributed by atoms with Crippen LogP contribution in [-0.2, 0) is 6.42 Å². The van der Waals surface area contributed by atoms with Crippen molar-refractivity contribution < 1.29 is 8.78 Å². The van der Waals surface area contributed by atoms with E-state index in [9.17, 15) is 8.78 Å². The van der Waals surface area contributed by atoms with Gasteiger partial charge in [0.15, 0.2) is 0 Å².